The smallest absolute Gasteiger partial charge is 0.255 e. The first-order chi connectivity index (χ1) is 13.0. The number of nitrogens with zero attached hydrogens (tertiary/aromatic N) is 2. The van der Waals surface area contributed by atoms with Crippen molar-refractivity contribution >= 4 is 17.7 Å². The molecule has 2 N–H and O–H groups in total. The molecule has 6 nitrogen and oxygen atoms in total. The molecule has 146 valence electrons. The molecule has 6 rings (SSSR count). The Balaban J connectivity index is 1.38. The molecule has 7 heteroatoms. The number of carbonyl (C=O) groups is 1. The fourth-order valence-electron chi connectivity index (χ4n) is 6.14. The van der Waals surface area contributed by atoms with Crippen molar-refractivity contribution in [2.45, 2.75) is 67.8 Å². The lowest BCUT2D eigenvalue weighted by Gasteiger charge is -2.58. The molecule has 0 aromatic carbocycles. The summed E-state index contributed by atoms with van der Waals surface area (Å²) in [6.45, 7) is 0.719. The lowest BCUT2D eigenvalue weighted by Crippen LogP contribution is -2.61. The number of thioether (sulfide) groups is 1. The first-order valence-electron chi connectivity index (χ1n) is 10.1. The van der Waals surface area contributed by atoms with Crippen LogP contribution in [0, 0.1) is 17.8 Å². The minimum atomic E-state index is -0.482. The molecule has 4 saturated carbocycles. The van der Waals surface area contributed by atoms with E-state index in [-0.39, 0.29) is 18.1 Å². The maximum absolute atomic E-state index is 13.2. The van der Waals surface area contributed by atoms with Gasteiger partial charge in [0, 0.05) is 18.8 Å². The maximum Gasteiger partial charge on any atom is 0.255 e. The van der Waals surface area contributed by atoms with E-state index >= 15 is 0 Å². The summed E-state index contributed by atoms with van der Waals surface area (Å²) in [6.07, 6.45) is 10.2. The number of aromatic nitrogens is 2. The molecule has 1 aromatic rings. The lowest BCUT2D eigenvalue weighted by atomic mass is 9.52. The summed E-state index contributed by atoms with van der Waals surface area (Å²) in [5, 5.41) is 14.7. The topological polar surface area (TPSA) is 84.3 Å². The van der Waals surface area contributed by atoms with Crippen LogP contribution in [0.5, 0.6) is 0 Å². The molecule has 5 fully saturated rings. The number of amides is 1. The molecular formula is C20H27N3O3S. The number of carbonyl (C=O) groups excluding carboxylic acids is 1. The van der Waals surface area contributed by atoms with E-state index < -0.39 is 5.60 Å². The number of aliphatic hydroxyl groups is 1. The molecule has 1 saturated heterocycles. The summed E-state index contributed by atoms with van der Waals surface area (Å²) in [5.74, 6) is 1.33. The minimum Gasteiger partial charge on any atom is -0.390 e. The van der Waals surface area contributed by atoms with Gasteiger partial charge in [-0.15, -0.1) is 0 Å². The van der Waals surface area contributed by atoms with Crippen LogP contribution < -0.4 is 5.32 Å². The Morgan fingerprint density at radius 2 is 2.11 bits per heavy atom. The van der Waals surface area contributed by atoms with Gasteiger partial charge in [0.25, 0.3) is 5.91 Å². The van der Waals surface area contributed by atoms with E-state index in [0.717, 1.165) is 57.2 Å². The number of nitrogens with one attached hydrogen (secondary N) is 1. The quantitative estimate of drug-likeness (QED) is 0.608. The number of hydrogen-bond acceptors (Lipinski definition) is 6. The molecule has 5 aliphatic rings. The van der Waals surface area contributed by atoms with E-state index in [4.69, 9.17) is 4.74 Å². The van der Waals surface area contributed by atoms with Crippen LogP contribution in [-0.2, 0) is 4.74 Å². The Bertz CT molecular complexity index is 736. The van der Waals surface area contributed by atoms with Gasteiger partial charge in [0.1, 0.15) is 6.10 Å². The van der Waals surface area contributed by atoms with E-state index in [2.05, 4.69) is 15.3 Å². The van der Waals surface area contributed by atoms with Crippen molar-refractivity contribution in [3.05, 3.63) is 17.5 Å². The van der Waals surface area contributed by atoms with Crippen LogP contribution >= 0.6 is 11.8 Å². The zero-order valence-electron chi connectivity index (χ0n) is 15.7. The highest BCUT2D eigenvalue weighted by Crippen LogP contribution is 2.55. The first-order valence-corrected chi connectivity index (χ1v) is 11.3. The molecule has 4 bridgehead atoms. The fraction of sp³-hybridized carbons (Fsp3) is 0.750. The second kappa shape index (κ2) is 6.71. The largest absolute Gasteiger partial charge is 0.390 e. The second-order valence-corrected chi connectivity index (χ2v) is 9.62. The summed E-state index contributed by atoms with van der Waals surface area (Å²) in [4.78, 5) is 22.1. The van der Waals surface area contributed by atoms with Crippen molar-refractivity contribution in [2.75, 3.05) is 12.9 Å². The standard InChI is InChI=1S/C20H27N3O3S/c1-27-19-21-10-14(17(23-19)15-3-2-4-26-15)18(24)22-16-12-5-11-6-13(16)9-20(25,7-11)8-12/h10-13,15-16,25H,2-9H2,1H3,(H,22,24)/t11?,12?,13?,15-,16?,20?/m1/s1. The Kier molecular flexibility index (Phi) is 4.44. The van der Waals surface area contributed by atoms with Gasteiger partial charge in [-0.25, -0.2) is 9.97 Å². The van der Waals surface area contributed by atoms with Gasteiger partial charge < -0.3 is 15.2 Å². The van der Waals surface area contributed by atoms with Crippen molar-refractivity contribution < 1.29 is 14.6 Å². The van der Waals surface area contributed by atoms with Crippen molar-refractivity contribution in [3.8, 4) is 0 Å². The summed E-state index contributed by atoms with van der Waals surface area (Å²) >= 11 is 1.48. The average Bonchev–Trinajstić information content (AvgIpc) is 3.17. The lowest BCUT2D eigenvalue weighted by molar-refractivity contribution is -0.136. The zero-order chi connectivity index (χ0) is 18.6. The summed E-state index contributed by atoms with van der Waals surface area (Å²) < 4.78 is 5.81. The van der Waals surface area contributed by atoms with Gasteiger partial charge in [-0.1, -0.05) is 11.8 Å². The summed E-state index contributed by atoms with van der Waals surface area (Å²) in [7, 11) is 0. The van der Waals surface area contributed by atoms with E-state index in [9.17, 15) is 9.90 Å². The van der Waals surface area contributed by atoms with Crippen LogP contribution in [0.3, 0.4) is 0 Å². The number of ether oxygens (including phenoxy) is 1. The van der Waals surface area contributed by atoms with Crippen LogP contribution in [0.4, 0.5) is 0 Å². The molecule has 1 aromatic heterocycles. The van der Waals surface area contributed by atoms with Crippen LogP contribution in [-0.4, -0.2) is 45.5 Å². The molecule has 1 amide bonds. The highest BCUT2D eigenvalue weighted by molar-refractivity contribution is 7.98. The molecule has 0 spiro atoms. The Morgan fingerprint density at radius 1 is 1.33 bits per heavy atom. The summed E-state index contributed by atoms with van der Waals surface area (Å²) in [6, 6.07) is 0.159. The van der Waals surface area contributed by atoms with Crippen molar-refractivity contribution in [1.82, 2.24) is 15.3 Å². The second-order valence-electron chi connectivity index (χ2n) is 8.85. The molecule has 2 heterocycles. The van der Waals surface area contributed by atoms with E-state index in [1.807, 2.05) is 6.26 Å². The Morgan fingerprint density at radius 3 is 2.74 bits per heavy atom. The highest BCUT2D eigenvalue weighted by atomic mass is 32.2. The molecular weight excluding hydrogens is 362 g/mol. The van der Waals surface area contributed by atoms with Gasteiger partial charge in [0.15, 0.2) is 5.16 Å². The van der Waals surface area contributed by atoms with Crippen LogP contribution in [0.15, 0.2) is 11.4 Å². The van der Waals surface area contributed by atoms with E-state index in [1.165, 1.54) is 11.8 Å². The molecule has 3 atom stereocenters. The fourth-order valence-corrected chi connectivity index (χ4v) is 6.48. The monoisotopic (exact) mass is 389 g/mol. The normalized spacial score (nSPS) is 39.7. The van der Waals surface area contributed by atoms with Gasteiger partial charge >= 0.3 is 0 Å². The van der Waals surface area contributed by atoms with Crippen LogP contribution in [0.2, 0.25) is 0 Å². The first kappa shape index (κ1) is 17.9. The van der Waals surface area contributed by atoms with Gasteiger partial charge in [0.05, 0.1) is 16.9 Å². The van der Waals surface area contributed by atoms with Gasteiger partial charge in [0.2, 0.25) is 0 Å². The van der Waals surface area contributed by atoms with Gasteiger partial charge in [-0.2, -0.15) is 0 Å². The van der Waals surface area contributed by atoms with E-state index in [0.29, 0.717) is 28.5 Å². The molecule has 0 radical (unpaired) electrons. The van der Waals surface area contributed by atoms with Crippen molar-refractivity contribution in [3.63, 3.8) is 0 Å². The van der Waals surface area contributed by atoms with Gasteiger partial charge in [-0.05, 0) is 69.0 Å². The Hall–Kier alpha value is -1.18. The van der Waals surface area contributed by atoms with Crippen LogP contribution in [0.25, 0.3) is 0 Å². The third-order valence-corrected chi connectivity index (χ3v) is 7.56. The van der Waals surface area contributed by atoms with Gasteiger partial charge in [-0.3, -0.25) is 4.79 Å². The molecule has 27 heavy (non-hydrogen) atoms. The number of rotatable bonds is 4. The highest BCUT2D eigenvalue weighted by Gasteiger charge is 2.55. The van der Waals surface area contributed by atoms with E-state index in [1.54, 1.807) is 6.20 Å². The SMILES string of the molecule is CSc1ncc(C(=O)NC2C3CC4CC2CC(O)(C4)C3)c([C@H]2CCCO2)n1. The zero-order valence-corrected chi connectivity index (χ0v) is 16.5. The third-order valence-electron chi connectivity index (χ3n) is 7.00. The average molecular weight is 390 g/mol. The maximum atomic E-state index is 13.2. The molecule has 2 unspecified atom stereocenters. The van der Waals surface area contributed by atoms with Crippen molar-refractivity contribution in [2.24, 2.45) is 17.8 Å². The predicted molar refractivity (Wildman–Crippen MR) is 101 cm³/mol. The molecule has 1 aliphatic heterocycles. The van der Waals surface area contributed by atoms with Crippen molar-refractivity contribution in [1.29, 1.82) is 0 Å². The third kappa shape index (κ3) is 3.17. The number of hydrogen-bond donors (Lipinski definition) is 2. The van der Waals surface area contributed by atoms with Crippen LogP contribution in [0.1, 0.15) is 67.1 Å². The molecule has 4 aliphatic carbocycles. The summed E-state index contributed by atoms with van der Waals surface area (Å²) in [5.41, 5.74) is 0.794. The predicted octanol–water partition coefficient (Wildman–Crippen LogP) is 2.72. The minimum absolute atomic E-state index is 0.0855. The Labute approximate surface area is 163 Å².